The summed E-state index contributed by atoms with van der Waals surface area (Å²) in [6.45, 7) is 2.08. The minimum atomic E-state index is -0.829. The highest BCUT2D eigenvalue weighted by molar-refractivity contribution is 5.64. The molecule has 0 saturated carbocycles. The second kappa shape index (κ2) is 6.15. The van der Waals surface area contributed by atoms with Gasteiger partial charge in [0.2, 0.25) is 0 Å². The van der Waals surface area contributed by atoms with E-state index in [0.717, 1.165) is 30.0 Å². The van der Waals surface area contributed by atoms with Gasteiger partial charge >= 0.3 is 0 Å². The molecule has 0 saturated heterocycles. The molecular weight excluding hydrogens is 242 g/mol. The van der Waals surface area contributed by atoms with Crippen LogP contribution in [0.2, 0.25) is 0 Å². The Morgan fingerprint density at radius 1 is 0.895 bits per heavy atom. The Morgan fingerprint density at radius 2 is 1.58 bits per heavy atom. The van der Waals surface area contributed by atoms with Crippen LogP contribution in [0.3, 0.4) is 0 Å². The van der Waals surface area contributed by atoms with E-state index in [2.05, 4.69) is 18.8 Å². The molecule has 0 atom stereocenters. The van der Waals surface area contributed by atoms with Crippen LogP contribution in [-0.4, -0.2) is 0 Å². The van der Waals surface area contributed by atoms with Crippen molar-refractivity contribution in [1.29, 1.82) is 0 Å². The van der Waals surface area contributed by atoms with Gasteiger partial charge < -0.3 is 0 Å². The predicted octanol–water partition coefficient (Wildman–Crippen LogP) is 4.78. The van der Waals surface area contributed by atoms with Crippen LogP contribution in [0.25, 0.3) is 11.1 Å². The molecule has 0 aliphatic carbocycles. The van der Waals surface area contributed by atoms with E-state index in [1.807, 2.05) is 24.3 Å². The summed E-state index contributed by atoms with van der Waals surface area (Å²) in [5.41, 5.74) is 2.44. The third kappa shape index (κ3) is 3.42. The highest BCUT2D eigenvalue weighted by Gasteiger charge is 2.04. The zero-order valence-electron chi connectivity index (χ0n) is 10.7. The molecule has 0 N–H and O–H groups in total. The molecule has 19 heavy (non-hydrogen) atoms. The van der Waals surface area contributed by atoms with Gasteiger partial charge in [-0.1, -0.05) is 37.0 Å². The van der Waals surface area contributed by atoms with Gasteiger partial charge in [-0.15, -0.1) is 0 Å². The van der Waals surface area contributed by atoms with Gasteiger partial charge in [0.25, 0.3) is 0 Å². The lowest BCUT2D eigenvalue weighted by Gasteiger charge is -2.02. The van der Waals surface area contributed by atoms with Gasteiger partial charge in [-0.3, -0.25) is 0 Å². The van der Waals surface area contributed by atoms with E-state index in [-0.39, 0.29) is 0 Å². The highest BCUT2D eigenvalue weighted by Crippen LogP contribution is 2.21. The molecule has 0 unspecified atom stereocenters. The first kappa shape index (κ1) is 13.3. The predicted molar refractivity (Wildman–Crippen MR) is 73.6 cm³/mol. The van der Waals surface area contributed by atoms with Crippen molar-refractivity contribution in [1.82, 2.24) is 0 Å². The molecule has 0 aliphatic rings. The first-order valence-electron chi connectivity index (χ1n) is 6.25. The van der Waals surface area contributed by atoms with E-state index < -0.39 is 11.6 Å². The van der Waals surface area contributed by atoms with Gasteiger partial charge in [0.05, 0.1) is 0 Å². The summed E-state index contributed by atoms with van der Waals surface area (Å²) < 4.78 is 26.0. The van der Waals surface area contributed by atoms with Crippen molar-refractivity contribution >= 4 is 0 Å². The Bertz CT molecular complexity index is 616. The van der Waals surface area contributed by atoms with Gasteiger partial charge in [0.15, 0.2) is 11.6 Å². The molecule has 0 amide bonds. The van der Waals surface area contributed by atoms with Crippen molar-refractivity contribution < 1.29 is 8.78 Å². The van der Waals surface area contributed by atoms with Crippen molar-refractivity contribution in [3.63, 3.8) is 0 Å². The van der Waals surface area contributed by atoms with Crippen LogP contribution in [0.5, 0.6) is 0 Å². The van der Waals surface area contributed by atoms with Crippen LogP contribution >= 0.6 is 0 Å². The molecule has 0 heterocycles. The normalized spacial score (nSPS) is 9.84. The zero-order valence-corrected chi connectivity index (χ0v) is 10.7. The molecule has 2 aromatic carbocycles. The van der Waals surface area contributed by atoms with Crippen LogP contribution < -0.4 is 0 Å². The standard InChI is InChI=1S/C17H14F2/c1-2-3-4-5-13-6-8-14(9-7-13)15-10-11-16(18)17(19)12-15/h6-12H,2-3H2,1H3. The topological polar surface area (TPSA) is 0 Å². The van der Waals surface area contributed by atoms with E-state index in [1.165, 1.54) is 6.07 Å². The molecular formula is C17H14F2. The summed E-state index contributed by atoms with van der Waals surface area (Å²) in [6, 6.07) is 11.4. The Hall–Kier alpha value is -2.14. The Labute approximate surface area is 112 Å². The average molecular weight is 256 g/mol. The van der Waals surface area contributed by atoms with E-state index in [9.17, 15) is 8.78 Å². The van der Waals surface area contributed by atoms with Crippen molar-refractivity contribution in [2.75, 3.05) is 0 Å². The number of hydrogen-bond acceptors (Lipinski definition) is 0. The van der Waals surface area contributed by atoms with Crippen LogP contribution in [0.1, 0.15) is 25.3 Å². The van der Waals surface area contributed by atoms with Gasteiger partial charge in [0, 0.05) is 12.0 Å². The monoisotopic (exact) mass is 256 g/mol. The second-order valence-electron chi connectivity index (χ2n) is 4.26. The second-order valence-corrected chi connectivity index (χ2v) is 4.26. The maximum absolute atomic E-state index is 13.2. The quantitative estimate of drug-likeness (QED) is 0.678. The lowest BCUT2D eigenvalue weighted by molar-refractivity contribution is 0.509. The minimum Gasteiger partial charge on any atom is -0.204 e. The smallest absolute Gasteiger partial charge is 0.159 e. The molecule has 2 aromatic rings. The lowest BCUT2D eigenvalue weighted by Crippen LogP contribution is -1.85. The Morgan fingerprint density at radius 3 is 2.21 bits per heavy atom. The molecule has 0 aliphatic heterocycles. The zero-order chi connectivity index (χ0) is 13.7. The maximum atomic E-state index is 13.2. The molecule has 0 bridgehead atoms. The Kier molecular flexibility index (Phi) is 4.30. The van der Waals surface area contributed by atoms with Crippen molar-refractivity contribution in [3.05, 3.63) is 59.7 Å². The lowest BCUT2D eigenvalue weighted by atomic mass is 10.0. The summed E-state index contributed by atoms with van der Waals surface area (Å²) in [5, 5.41) is 0. The fraction of sp³-hybridized carbons (Fsp3) is 0.176. The first-order chi connectivity index (χ1) is 9.20. The summed E-state index contributed by atoms with van der Waals surface area (Å²) in [4.78, 5) is 0. The minimum absolute atomic E-state index is 0.659. The van der Waals surface area contributed by atoms with Gasteiger partial charge in [-0.25, -0.2) is 8.78 Å². The summed E-state index contributed by atoms with van der Waals surface area (Å²) in [7, 11) is 0. The van der Waals surface area contributed by atoms with E-state index in [4.69, 9.17) is 0 Å². The number of benzene rings is 2. The van der Waals surface area contributed by atoms with Crippen molar-refractivity contribution in [2.45, 2.75) is 19.8 Å². The molecule has 96 valence electrons. The van der Waals surface area contributed by atoms with Gasteiger partial charge in [0.1, 0.15) is 0 Å². The van der Waals surface area contributed by atoms with E-state index >= 15 is 0 Å². The van der Waals surface area contributed by atoms with Crippen LogP contribution in [-0.2, 0) is 0 Å². The fourth-order valence-electron chi connectivity index (χ4n) is 1.71. The molecule has 2 heteroatoms. The van der Waals surface area contributed by atoms with Crippen LogP contribution in [0.4, 0.5) is 8.78 Å². The first-order valence-corrected chi connectivity index (χ1v) is 6.25. The van der Waals surface area contributed by atoms with E-state index in [0.29, 0.717) is 5.56 Å². The number of hydrogen-bond donors (Lipinski definition) is 0. The van der Waals surface area contributed by atoms with Crippen LogP contribution in [0, 0.1) is 23.5 Å². The molecule has 0 fully saturated rings. The summed E-state index contributed by atoms with van der Waals surface area (Å²) in [5.74, 6) is 4.47. The summed E-state index contributed by atoms with van der Waals surface area (Å²) in [6.07, 6.45) is 1.92. The molecule has 2 rings (SSSR count). The highest BCUT2D eigenvalue weighted by atomic mass is 19.2. The van der Waals surface area contributed by atoms with Gasteiger partial charge in [-0.05, 0) is 41.8 Å². The van der Waals surface area contributed by atoms with Crippen LogP contribution in [0.15, 0.2) is 42.5 Å². The molecule has 0 spiro atoms. The number of rotatable bonds is 2. The Balaban J connectivity index is 2.23. The van der Waals surface area contributed by atoms with Gasteiger partial charge in [-0.2, -0.15) is 0 Å². The molecule has 0 radical (unpaired) electrons. The number of halogens is 2. The number of unbranched alkanes of at least 4 members (excludes halogenated alkanes) is 1. The largest absolute Gasteiger partial charge is 0.204 e. The van der Waals surface area contributed by atoms with E-state index in [1.54, 1.807) is 6.07 Å². The summed E-state index contributed by atoms with van der Waals surface area (Å²) >= 11 is 0. The SMILES string of the molecule is CCCC#Cc1ccc(-c2ccc(F)c(F)c2)cc1. The maximum Gasteiger partial charge on any atom is 0.159 e. The molecule has 0 nitrogen and oxygen atoms in total. The van der Waals surface area contributed by atoms with Crippen molar-refractivity contribution in [2.24, 2.45) is 0 Å². The molecule has 0 aromatic heterocycles. The van der Waals surface area contributed by atoms with Crippen molar-refractivity contribution in [3.8, 4) is 23.0 Å². The fourth-order valence-corrected chi connectivity index (χ4v) is 1.71. The third-order valence-electron chi connectivity index (χ3n) is 2.75. The third-order valence-corrected chi connectivity index (χ3v) is 2.75. The average Bonchev–Trinajstić information content (AvgIpc) is 2.43.